The molecule has 1 N–H and O–H groups in total. The molecule has 1 rings (SSSR count). The number of nitrogens with zero attached hydrogens (tertiary/aromatic N) is 1. The van der Waals surface area contributed by atoms with Crippen molar-refractivity contribution >= 4 is 5.97 Å². The van der Waals surface area contributed by atoms with E-state index < -0.39 is 5.97 Å². The van der Waals surface area contributed by atoms with E-state index in [0.29, 0.717) is 12.3 Å². The molecule has 4 nitrogen and oxygen atoms in total. The summed E-state index contributed by atoms with van der Waals surface area (Å²) in [6.45, 7) is 6.14. The fourth-order valence-corrected chi connectivity index (χ4v) is 0.970. The van der Waals surface area contributed by atoms with Crippen molar-refractivity contribution in [1.82, 2.24) is 4.98 Å². The largest absolute Gasteiger partial charge is 0.477 e. The molecule has 0 aromatic carbocycles. The first-order valence-electron chi connectivity index (χ1n) is 4.72. The van der Waals surface area contributed by atoms with Gasteiger partial charge in [0.2, 0.25) is 0 Å². The van der Waals surface area contributed by atoms with E-state index in [2.05, 4.69) is 4.98 Å². The molecule has 4 heteroatoms. The molecule has 0 bridgehead atoms. The van der Waals surface area contributed by atoms with Gasteiger partial charge in [-0.25, -0.2) is 9.78 Å². The lowest BCUT2D eigenvalue weighted by Crippen LogP contribution is -2.19. The zero-order valence-electron chi connectivity index (χ0n) is 9.15. The van der Waals surface area contributed by atoms with Gasteiger partial charge in [0.1, 0.15) is 5.69 Å². The van der Waals surface area contributed by atoms with Crippen LogP contribution in [0.25, 0.3) is 0 Å². The van der Waals surface area contributed by atoms with Gasteiger partial charge in [-0.15, -0.1) is 0 Å². The third kappa shape index (κ3) is 4.08. The molecule has 0 saturated carbocycles. The van der Waals surface area contributed by atoms with Crippen LogP contribution in [0.2, 0.25) is 0 Å². The van der Waals surface area contributed by atoms with Crippen LogP contribution >= 0.6 is 0 Å². The Morgan fingerprint density at radius 2 is 2.13 bits per heavy atom. The minimum absolute atomic E-state index is 0.0463. The van der Waals surface area contributed by atoms with Crippen molar-refractivity contribution in [2.45, 2.75) is 33.0 Å². The van der Waals surface area contributed by atoms with Crippen LogP contribution in [0, 0.1) is 0 Å². The Kier molecular flexibility index (Phi) is 3.42. The Balaban J connectivity index is 2.70. The first kappa shape index (κ1) is 11.7. The van der Waals surface area contributed by atoms with Gasteiger partial charge in [0, 0.05) is 0 Å². The van der Waals surface area contributed by atoms with Crippen LogP contribution in [-0.2, 0) is 11.3 Å². The summed E-state index contributed by atoms with van der Waals surface area (Å²) in [6.07, 6.45) is 0. The maximum atomic E-state index is 10.7. The number of carboxylic acids is 1. The summed E-state index contributed by atoms with van der Waals surface area (Å²) in [6, 6.07) is 4.87. The van der Waals surface area contributed by atoms with Gasteiger partial charge in [-0.2, -0.15) is 0 Å². The van der Waals surface area contributed by atoms with Crippen molar-refractivity contribution in [3.05, 3.63) is 29.6 Å². The van der Waals surface area contributed by atoms with Gasteiger partial charge in [0.05, 0.1) is 17.9 Å². The van der Waals surface area contributed by atoms with Crippen LogP contribution in [-0.4, -0.2) is 21.7 Å². The summed E-state index contributed by atoms with van der Waals surface area (Å²) >= 11 is 0. The Bertz CT molecular complexity index is 355. The van der Waals surface area contributed by atoms with Crippen LogP contribution < -0.4 is 0 Å². The third-order valence-corrected chi connectivity index (χ3v) is 1.68. The molecule has 0 unspecified atom stereocenters. The minimum Gasteiger partial charge on any atom is -0.477 e. The van der Waals surface area contributed by atoms with Crippen molar-refractivity contribution in [3.8, 4) is 0 Å². The molecule has 0 aliphatic carbocycles. The second-order valence-corrected chi connectivity index (χ2v) is 4.22. The van der Waals surface area contributed by atoms with Gasteiger partial charge in [-0.3, -0.25) is 0 Å². The van der Waals surface area contributed by atoms with Crippen molar-refractivity contribution in [2.24, 2.45) is 0 Å². The summed E-state index contributed by atoms with van der Waals surface area (Å²) < 4.78 is 5.49. The molecule has 82 valence electrons. The molecule has 0 aliphatic rings. The zero-order valence-corrected chi connectivity index (χ0v) is 9.15. The highest BCUT2D eigenvalue weighted by molar-refractivity contribution is 5.85. The first-order valence-corrected chi connectivity index (χ1v) is 4.72. The Morgan fingerprint density at radius 1 is 1.47 bits per heavy atom. The van der Waals surface area contributed by atoms with Crippen molar-refractivity contribution in [1.29, 1.82) is 0 Å². The summed E-state index contributed by atoms with van der Waals surface area (Å²) in [5.74, 6) is -1.02. The predicted molar refractivity (Wildman–Crippen MR) is 55.7 cm³/mol. The van der Waals surface area contributed by atoms with Gasteiger partial charge >= 0.3 is 5.97 Å². The lowest BCUT2D eigenvalue weighted by atomic mass is 10.2. The zero-order chi connectivity index (χ0) is 11.5. The standard InChI is InChI=1S/C11H15NO3/c1-11(2,3)15-7-8-5-4-6-9(12-8)10(13)14/h4-6H,7H2,1-3H3,(H,13,14). The lowest BCUT2D eigenvalue weighted by molar-refractivity contribution is -0.0165. The number of carbonyl (C=O) groups is 1. The highest BCUT2D eigenvalue weighted by Gasteiger charge is 2.11. The first-order chi connectivity index (χ1) is 6.88. The van der Waals surface area contributed by atoms with Gasteiger partial charge in [0.15, 0.2) is 0 Å². The quantitative estimate of drug-likeness (QED) is 0.828. The molecule has 1 aromatic heterocycles. The smallest absolute Gasteiger partial charge is 0.354 e. The number of hydrogen-bond donors (Lipinski definition) is 1. The number of ether oxygens (including phenoxy) is 1. The molecular weight excluding hydrogens is 194 g/mol. The van der Waals surface area contributed by atoms with Crippen molar-refractivity contribution in [2.75, 3.05) is 0 Å². The summed E-state index contributed by atoms with van der Waals surface area (Å²) in [7, 11) is 0. The van der Waals surface area contributed by atoms with E-state index in [1.54, 1.807) is 12.1 Å². The van der Waals surface area contributed by atoms with Crippen LogP contribution in [0.15, 0.2) is 18.2 Å². The van der Waals surface area contributed by atoms with Gasteiger partial charge in [-0.1, -0.05) is 6.07 Å². The maximum absolute atomic E-state index is 10.7. The van der Waals surface area contributed by atoms with Crippen molar-refractivity contribution in [3.63, 3.8) is 0 Å². The molecule has 1 aromatic rings. The monoisotopic (exact) mass is 209 g/mol. The molecule has 0 saturated heterocycles. The van der Waals surface area contributed by atoms with E-state index in [1.807, 2.05) is 20.8 Å². The minimum atomic E-state index is -1.02. The molecule has 0 atom stereocenters. The number of aromatic carboxylic acids is 1. The molecule has 0 aliphatic heterocycles. The second-order valence-electron chi connectivity index (χ2n) is 4.22. The molecular formula is C11H15NO3. The van der Waals surface area contributed by atoms with Crippen LogP contribution in [0.3, 0.4) is 0 Å². The van der Waals surface area contributed by atoms with E-state index in [9.17, 15) is 4.79 Å². The fraction of sp³-hybridized carbons (Fsp3) is 0.455. The average molecular weight is 209 g/mol. The van der Waals surface area contributed by atoms with Crippen LogP contribution in [0.5, 0.6) is 0 Å². The predicted octanol–water partition coefficient (Wildman–Crippen LogP) is 2.09. The highest BCUT2D eigenvalue weighted by Crippen LogP contribution is 2.10. The van der Waals surface area contributed by atoms with E-state index in [4.69, 9.17) is 9.84 Å². The average Bonchev–Trinajstić information content (AvgIpc) is 2.14. The fourth-order valence-electron chi connectivity index (χ4n) is 0.970. The topological polar surface area (TPSA) is 59.4 Å². The van der Waals surface area contributed by atoms with E-state index >= 15 is 0 Å². The number of rotatable bonds is 3. The molecule has 1 heterocycles. The molecule has 0 fully saturated rings. The maximum Gasteiger partial charge on any atom is 0.354 e. The lowest BCUT2D eigenvalue weighted by Gasteiger charge is -2.19. The highest BCUT2D eigenvalue weighted by atomic mass is 16.5. The number of carboxylic acid groups (broad SMARTS) is 1. The normalized spacial score (nSPS) is 11.4. The molecule has 0 amide bonds. The second kappa shape index (κ2) is 4.40. The molecule has 0 spiro atoms. The van der Waals surface area contributed by atoms with Gasteiger partial charge in [-0.05, 0) is 32.9 Å². The molecule has 15 heavy (non-hydrogen) atoms. The summed E-state index contributed by atoms with van der Waals surface area (Å²) in [4.78, 5) is 14.6. The van der Waals surface area contributed by atoms with Crippen LogP contribution in [0.4, 0.5) is 0 Å². The third-order valence-electron chi connectivity index (χ3n) is 1.68. The van der Waals surface area contributed by atoms with Crippen molar-refractivity contribution < 1.29 is 14.6 Å². The number of hydrogen-bond acceptors (Lipinski definition) is 3. The Labute approximate surface area is 88.9 Å². The Hall–Kier alpha value is -1.42. The molecule has 0 radical (unpaired) electrons. The SMILES string of the molecule is CC(C)(C)OCc1cccc(C(=O)O)n1. The van der Waals surface area contributed by atoms with Gasteiger partial charge < -0.3 is 9.84 Å². The van der Waals surface area contributed by atoms with E-state index in [1.165, 1.54) is 6.07 Å². The van der Waals surface area contributed by atoms with E-state index in [-0.39, 0.29) is 11.3 Å². The van der Waals surface area contributed by atoms with Gasteiger partial charge in [0.25, 0.3) is 0 Å². The number of aromatic nitrogens is 1. The summed E-state index contributed by atoms with van der Waals surface area (Å²) in [5.41, 5.74) is 0.427. The van der Waals surface area contributed by atoms with E-state index in [0.717, 1.165) is 0 Å². The Morgan fingerprint density at radius 3 is 2.67 bits per heavy atom. The number of pyridine rings is 1. The summed E-state index contributed by atoms with van der Waals surface area (Å²) in [5, 5.41) is 8.73. The van der Waals surface area contributed by atoms with Crippen LogP contribution in [0.1, 0.15) is 37.0 Å².